The summed E-state index contributed by atoms with van der Waals surface area (Å²) in [4.78, 5) is 22.3. The average molecular weight is 1760 g/mol. The number of fused-ring (bicyclic) bond motifs is 18. The van der Waals surface area contributed by atoms with Gasteiger partial charge in [0.05, 0.1) is 97.2 Å². The molecule has 28 rings (SSSR count). The molecule has 11 heteroatoms. The Morgan fingerprint density at radius 3 is 0.638 bits per heavy atom. The number of hydrogen-bond donors (Lipinski definition) is 0. The topological polar surface area (TPSA) is 94.0 Å². The monoisotopic (exact) mass is 1760 g/mol. The summed E-state index contributed by atoms with van der Waals surface area (Å²) in [6.45, 7) is 0. The Kier molecular flexibility index (Phi) is 19.7. The number of hydrogen-bond acceptors (Lipinski definition) is 5. The zero-order valence-electron chi connectivity index (χ0n) is 74.8. The van der Waals surface area contributed by atoms with Crippen LogP contribution in [0, 0.1) is 0 Å². The number of pyridine rings is 5. The second-order valence-electron chi connectivity index (χ2n) is 35.2. The smallest absolute Gasteiger partial charge is 0.0724 e. The Bertz CT molecular complexity index is 9360. The van der Waals surface area contributed by atoms with E-state index in [1.165, 1.54) is 187 Å². The molecule has 138 heavy (non-hydrogen) atoms. The lowest BCUT2D eigenvalue weighted by atomic mass is 9.97. The van der Waals surface area contributed by atoms with E-state index in [1.807, 2.05) is 62.0 Å². The van der Waals surface area contributed by atoms with Gasteiger partial charge in [0.25, 0.3) is 0 Å². The van der Waals surface area contributed by atoms with Gasteiger partial charge in [0.2, 0.25) is 0 Å². The quantitative estimate of drug-likeness (QED) is 0.115. The first-order valence-electron chi connectivity index (χ1n) is 46.7. The zero-order chi connectivity index (χ0) is 91.1. The van der Waals surface area contributed by atoms with E-state index in [-0.39, 0.29) is 0 Å². The van der Waals surface area contributed by atoms with E-state index in [1.54, 1.807) is 0 Å². The van der Waals surface area contributed by atoms with E-state index >= 15 is 0 Å². The molecule has 0 saturated heterocycles. The fraction of sp³-hybridized carbons (Fsp3) is 0. The lowest BCUT2D eigenvalue weighted by Gasteiger charge is -2.10. The molecule has 11 nitrogen and oxygen atoms in total. The summed E-state index contributed by atoms with van der Waals surface area (Å²) >= 11 is 0. The number of benzene rings is 17. The fourth-order valence-electron chi connectivity index (χ4n) is 21.0. The highest BCUT2D eigenvalue weighted by atomic mass is 15.0. The largest absolute Gasteiger partial charge is 0.309 e. The minimum atomic E-state index is 1.10. The molecule has 0 fully saturated rings. The maximum Gasteiger partial charge on any atom is 0.0724 e. The summed E-state index contributed by atoms with van der Waals surface area (Å²) in [6.07, 6.45) is 19.2. The van der Waals surface area contributed by atoms with Crippen molar-refractivity contribution >= 4 is 131 Å². The minimum absolute atomic E-state index is 1.10. The third kappa shape index (κ3) is 13.9. The number of rotatable bonds is 13. The third-order valence-electron chi connectivity index (χ3n) is 27.5. The molecule has 646 valence electrons. The molecule has 0 spiro atoms. The summed E-state index contributed by atoms with van der Waals surface area (Å²) in [5, 5.41) is 14.6. The molecular weight excluding hydrogens is 1680 g/mol. The van der Waals surface area contributed by atoms with Gasteiger partial charge in [-0.05, 0) is 260 Å². The van der Waals surface area contributed by atoms with Crippen molar-refractivity contribution in [2.45, 2.75) is 0 Å². The van der Waals surface area contributed by atoms with E-state index in [0.29, 0.717) is 0 Å². The van der Waals surface area contributed by atoms with Gasteiger partial charge in [-0.15, -0.1) is 0 Å². The Morgan fingerprint density at radius 2 is 0.304 bits per heavy atom. The van der Waals surface area contributed by atoms with E-state index < -0.39 is 0 Å². The third-order valence-corrected chi connectivity index (χ3v) is 27.5. The van der Waals surface area contributed by atoms with Crippen LogP contribution in [-0.4, -0.2) is 52.3 Å². The summed E-state index contributed by atoms with van der Waals surface area (Å²) in [5.41, 5.74) is 37.4. The van der Waals surface area contributed by atoms with Crippen LogP contribution in [0.3, 0.4) is 0 Å². The Hall–Kier alpha value is -18.7. The second kappa shape index (κ2) is 33.8. The van der Waals surface area contributed by atoms with Crippen LogP contribution in [0.1, 0.15) is 0 Å². The zero-order valence-corrected chi connectivity index (χ0v) is 74.8. The van der Waals surface area contributed by atoms with Gasteiger partial charge < -0.3 is 27.4 Å². The van der Waals surface area contributed by atoms with Gasteiger partial charge in [-0.25, -0.2) is 0 Å². The first kappa shape index (κ1) is 80.2. The number of aromatic nitrogens is 11. The van der Waals surface area contributed by atoms with Crippen molar-refractivity contribution in [1.29, 1.82) is 0 Å². The van der Waals surface area contributed by atoms with Gasteiger partial charge in [0.15, 0.2) is 0 Å². The Morgan fingerprint density at radius 1 is 0.109 bits per heavy atom. The molecular formula is C127H83N11. The van der Waals surface area contributed by atoms with Crippen molar-refractivity contribution in [2.75, 3.05) is 0 Å². The maximum absolute atomic E-state index is 4.51. The molecule has 17 aromatic carbocycles. The van der Waals surface area contributed by atoms with E-state index in [0.717, 1.165) is 56.0 Å². The van der Waals surface area contributed by atoms with Crippen LogP contribution in [-0.2, 0) is 0 Å². The average Bonchev–Trinajstić information content (AvgIpc) is 1.54. The molecule has 0 amide bonds. The maximum atomic E-state index is 4.51. The molecule has 11 heterocycles. The highest BCUT2D eigenvalue weighted by Gasteiger charge is 2.23. The SMILES string of the molecule is c1ccc(-c2ccc(-n3c4ccc(-c5ccc(-c6ccc7c(c6)c6ccncc6n7-c6ccccc6)cc5)cc4c4ccncc43)cc2)cc1.c1ccc(-n2c3ccc(-c4ccc(-c5ccc6c(c5)c5ccncc5n6-c5ccccc5)cc4)cc3c3ccncc32)cc1.c1ccc(-n2c3ccccc3c3cc(-c4cccc(-c5ccc6c7ccncc7n(-c7ccccc7)c6c5)c4)ccc32)cc1. The van der Waals surface area contributed by atoms with Crippen LogP contribution in [0.25, 0.3) is 243 Å². The van der Waals surface area contributed by atoms with Crippen LogP contribution in [0.2, 0.25) is 0 Å². The Labute approximate surface area is 794 Å². The fourth-order valence-corrected chi connectivity index (χ4v) is 21.0. The molecule has 0 unspecified atom stereocenters. The van der Waals surface area contributed by atoms with Crippen LogP contribution < -0.4 is 0 Å². The molecule has 11 aromatic heterocycles. The molecule has 0 aliphatic heterocycles. The normalized spacial score (nSPS) is 11.6. The summed E-state index contributed by atoms with van der Waals surface area (Å²) < 4.78 is 13.9. The van der Waals surface area contributed by atoms with E-state index in [9.17, 15) is 0 Å². The molecule has 0 aliphatic rings. The van der Waals surface area contributed by atoms with Gasteiger partial charge in [-0.2, -0.15) is 0 Å². The van der Waals surface area contributed by atoms with Gasteiger partial charge in [0.1, 0.15) is 0 Å². The standard InChI is InChI=1S/C46H30N4.C41H27N3.C40H26N4/c1-3-7-31(8-4-1)32-15-19-38(20-16-32)50-44-22-18-36(28-42(44)40-24-26-48-30-46(40)50)34-13-11-33(12-14-34)35-17-21-43-41(27-35)39-23-25-47-29-45(39)49(43)37-9-5-2-6-10-37;1-3-12-32(13-4-1)43-38-17-8-7-16-34(38)37-25-30(19-21-39(37)43)28-10-9-11-29(24-28)31-18-20-35-36-22-23-42-27-41(36)44(40(35)26-31)33-14-5-2-6-15-33;1-3-7-31(8-4-1)43-37-17-15-29(23-35(37)33-19-21-41-25-39(33)43)27-11-13-28(14-12-27)30-16-18-38-36(24-30)34-20-22-42-26-40(34)44(38)32-9-5-2-6-10-32/h1-30H;1-27H;1-26H. The molecule has 0 N–H and O–H groups in total. The van der Waals surface area contributed by atoms with Crippen LogP contribution in [0.4, 0.5) is 0 Å². The van der Waals surface area contributed by atoms with Crippen molar-refractivity contribution in [1.82, 2.24) is 52.3 Å². The van der Waals surface area contributed by atoms with Gasteiger partial charge in [-0.1, -0.05) is 261 Å². The van der Waals surface area contributed by atoms with E-state index in [2.05, 4.69) is 495 Å². The molecule has 0 aliphatic carbocycles. The van der Waals surface area contributed by atoms with E-state index in [4.69, 9.17) is 0 Å². The number of para-hydroxylation sites is 6. The molecule has 28 aromatic rings. The Balaban J connectivity index is 0.000000107. The molecule has 0 radical (unpaired) electrons. The van der Waals surface area contributed by atoms with Crippen LogP contribution in [0.15, 0.2) is 505 Å². The van der Waals surface area contributed by atoms with Gasteiger partial charge >= 0.3 is 0 Å². The molecule has 0 bridgehead atoms. The first-order valence-corrected chi connectivity index (χ1v) is 46.7. The summed E-state index contributed by atoms with van der Waals surface area (Å²) in [5.74, 6) is 0. The van der Waals surface area contributed by atoms with Gasteiger partial charge in [-0.3, -0.25) is 24.9 Å². The minimum Gasteiger partial charge on any atom is -0.309 e. The molecule has 0 saturated carbocycles. The summed E-state index contributed by atoms with van der Waals surface area (Å²) in [6, 6.07) is 159. The lowest BCUT2D eigenvalue weighted by molar-refractivity contribution is 1.17. The highest BCUT2D eigenvalue weighted by molar-refractivity contribution is 6.16. The summed E-state index contributed by atoms with van der Waals surface area (Å²) in [7, 11) is 0. The van der Waals surface area contributed by atoms with Gasteiger partial charge in [0, 0.05) is 130 Å². The second-order valence-corrected chi connectivity index (χ2v) is 35.2. The van der Waals surface area contributed by atoms with Crippen LogP contribution in [0.5, 0.6) is 0 Å². The first-order chi connectivity index (χ1) is 68.5. The predicted molar refractivity (Wildman–Crippen MR) is 572 cm³/mol. The highest BCUT2D eigenvalue weighted by Crippen LogP contribution is 2.45. The molecule has 0 atom stereocenters. The lowest BCUT2D eigenvalue weighted by Crippen LogP contribution is -1.94. The number of nitrogens with zero attached hydrogens (tertiary/aromatic N) is 11. The van der Waals surface area contributed by atoms with Crippen molar-refractivity contribution < 1.29 is 0 Å². The van der Waals surface area contributed by atoms with Crippen molar-refractivity contribution in [3.05, 3.63) is 505 Å². The predicted octanol–water partition coefficient (Wildman–Crippen LogP) is 32.3. The van der Waals surface area contributed by atoms with Crippen molar-refractivity contribution in [3.63, 3.8) is 0 Å². The van der Waals surface area contributed by atoms with Crippen molar-refractivity contribution in [3.8, 4) is 112 Å². The van der Waals surface area contributed by atoms with Crippen molar-refractivity contribution in [2.24, 2.45) is 0 Å². The van der Waals surface area contributed by atoms with Crippen LogP contribution >= 0.6 is 0 Å².